The van der Waals surface area contributed by atoms with Crippen molar-refractivity contribution in [2.24, 2.45) is 0 Å². The van der Waals surface area contributed by atoms with Gasteiger partial charge in [0.05, 0.1) is 23.5 Å². The first kappa shape index (κ1) is 16.8. The molecule has 0 saturated carbocycles. The summed E-state index contributed by atoms with van der Waals surface area (Å²) in [5.41, 5.74) is 3.07. The fourth-order valence-electron chi connectivity index (χ4n) is 3.17. The van der Waals surface area contributed by atoms with Crippen LogP contribution in [0, 0.1) is 6.92 Å². The molecule has 9 nitrogen and oxygen atoms in total. The van der Waals surface area contributed by atoms with Crippen molar-refractivity contribution in [2.75, 3.05) is 0 Å². The molecule has 4 N–H and O–H groups in total. The van der Waals surface area contributed by atoms with E-state index >= 15 is 0 Å². The van der Waals surface area contributed by atoms with Crippen LogP contribution in [-0.4, -0.2) is 30.5 Å². The Morgan fingerprint density at radius 3 is 2.81 bits per heavy atom. The Labute approximate surface area is 152 Å². The maximum atomic E-state index is 12.5. The van der Waals surface area contributed by atoms with Crippen LogP contribution >= 0.6 is 0 Å². The van der Waals surface area contributed by atoms with Gasteiger partial charge in [0.2, 0.25) is 5.91 Å². The van der Waals surface area contributed by atoms with Gasteiger partial charge in [-0.15, -0.1) is 0 Å². The molecule has 4 aromatic rings. The lowest BCUT2D eigenvalue weighted by molar-refractivity contribution is -0.121. The molecule has 138 valence electrons. The van der Waals surface area contributed by atoms with E-state index in [1.54, 1.807) is 25.3 Å². The number of aromatic nitrogens is 5. The average molecular weight is 366 g/mol. The number of aromatic amines is 3. The summed E-state index contributed by atoms with van der Waals surface area (Å²) in [4.78, 5) is 46.1. The number of imidazole rings is 1. The Bertz CT molecular complexity index is 1280. The zero-order valence-electron chi connectivity index (χ0n) is 14.8. The van der Waals surface area contributed by atoms with E-state index in [9.17, 15) is 14.4 Å². The summed E-state index contributed by atoms with van der Waals surface area (Å²) in [6.07, 6.45) is 1.56. The number of amides is 1. The number of carbonyl (C=O) groups excluding carboxylic acids is 1. The quantitative estimate of drug-likeness (QED) is 0.428. The van der Waals surface area contributed by atoms with Crippen molar-refractivity contribution in [2.45, 2.75) is 26.3 Å². The van der Waals surface area contributed by atoms with E-state index < -0.39 is 0 Å². The van der Waals surface area contributed by atoms with Crippen molar-refractivity contribution in [1.82, 2.24) is 29.9 Å². The van der Waals surface area contributed by atoms with Gasteiger partial charge >= 0.3 is 5.69 Å². The SMILES string of the molecule is Cc1nc2cc[nH]n2c(=O)c1CC(=O)NC(C)c1ccc2[nH]c(=O)[nH]c2c1. The van der Waals surface area contributed by atoms with E-state index in [0.717, 1.165) is 5.56 Å². The molecule has 0 radical (unpaired) electrons. The highest BCUT2D eigenvalue weighted by Crippen LogP contribution is 2.17. The minimum absolute atomic E-state index is 0.0623. The summed E-state index contributed by atoms with van der Waals surface area (Å²) in [6.45, 7) is 3.56. The van der Waals surface area contributed by atoms with Gasteiger partial charge in [0.25, 0.3) is 5.56 Å². The van der Waals surface area contributed by atoms with Crippen LogP contribution in [0.15, 0.2) is 40.1 Å². The predicted octanol–water partition coefficient (Wildman–Crippen LogP) is 0.921. The number of hydrogen-bond donors (Lipinski definition) is 4. The van der Waals surface area contributed by atoms with Crippen LogP contribution in [0.2, 0.25) is 0 Å². The highest BCUT2D eigenvalue weighted by Gasteiger charge is 2.16. The number of fused-ring (bicyclic) bond motifs is 2. The van der Waals surface area contributed by atoms with E-state index in [4.69, 9.17) is 0 Å². The van der Waals surface area contributed by atoms with Crippen LogP contribution in [-0.2, 0) is 11.2 Å². The van der Waals surface area contributed by atoms with E-state index in [1.165, 1.54) is 4.52 Å². The van der Waals surface area contributed by atoms with Crippen molar-refractivity contribution in [3.8, 4) is 0 Å². The molecular weight excluding hydrogens is 348 g/mol. The summed E-state index contributed by atoms with van der Waals surface area (Å²) < 4.78 is 1.31. The van der Waals surface area contributed by atoms with Crippen LogP contribution in [0.3, 0.4) is 0 Å². The minimum atomic E-state index is -0.287. The van der Waals surface area contributed by atoms with E-state index in [1.807, 2.05) is 19.1 Å². The van der Waals surface area contributed by atoms with E-state index in [0.29, 0.717) is 27.9 Å². The summed E-state index contributed by atoms with van der Waals surface area (Å²) in [5.74, 6) is -0.279. The maximum absolute atomic E-state index is 12.5. The van der Waals surface area contributed by atoms with Crippen molar-refractivity contribution in [3.05, 3.63) is 68.1 Å². The van der Waals surface area contributed by atoms with Crippen LogP contribution in [0.25, 0.3) is 16.7 Å². The second-order valence-corrected chi connectivity index (χ2v) is 6.49. The summed E-state index contributed by atoms with van der Waals surface area (Å²) in [7, 11) is 0. The minimum Gasteiger partial charge on any atom is -0.349 e. The topological polar surface area (TPSA) is 128 Å². The average Bonchev–Trinajstić information content (AvgIpc) is 3.22. The Morgan fingerprint density at radius 1 is 1.22 bits per heavy atom. The summed E-state index contributed by atoms with van der Waals surface area (Å²) in [6, 6.07) is 6.84. The first-order chi connectivity index (χ1) is 12.9. The molecule has 1 atom stereocenters. The number of rotatable bonds is 4. The molecule has 0 bridgehead atoms. The second-order valence-electron chi connectivity index (χ2n) is 6.49. The number of nitrogens with zero attached hydrogens (tertiary/aromatic N) is 2. The first-order valence-electron chi connectivity index (χ1n) is 8.49. The Kier molecular flexibility index (Phi) is 3.91. The molecule has 0 saturated heterocycles. The Balaban J connectivity index is 1.55. The lowest BCUT2D eigenvalue weighted by atomic mass is 10.1. The molecule has 0 aliphatic heterocycles. The molecule has 0 fully saturated rings. The van der Waals surface area contributed by atoms with Crippen LogP contribution in [0.4, 0.5) is 0 Å². The van der Waals surface area contributed by atoms with Crippen molar-refractivity contribution in [1.29, 1.82) is 0 Å². The molecule has 1 amide bonds. The molecule has 9 heteroatoms. The maximum Gasteiger partial charge on any atom is 0.323 e. The Morgan fingerprint density at radius 2 is 2.00 bits per heavy atom. The number of benzene rings is 1. The molecule has 3 aromatic heterocycles. The molecular formula is C18H18N6O3. The van der Waals surface area contributed by atoms with Gasteiger partial charge in [-0.05, 0) is 31.5 Å². The van der Waals surface area contributed by atoms with Gasteiger partial charge in [-0.1, -0.05) is 6.07 Å². The van der Waals surface area contributed by atoms with Gasteiger partial charge < -0.3 is 15.3 Å². The van der Waals surface area contributed by atoms with Crippen LogP contribution in [0.1, 0.15) is 29.8 Å². The summed E-state index contributed by atoms with van der Waals surface area (Å²) >= 11 is 0. The largest absolute Gasteiger partial charge is 0.349 e. The van der Waals surface area contributed by atoms with Gasteiger partial charge in [0.1, 0.15) is 0 Å². The van der Waals surface area contributed by atoms with E-state index in [2.05, 4.69) is 25.4 Å². The highest BCUT2D eigenvalue weighted by atomic mass is 16.2. The lowest BCUT2D eigenvalue weighted by Crippen LogP contribution is -2.32. The molecule has 1 unspecified atom stereocenters. The number of carbonyl (C=O) groups is 1. The third kappa shape index (κ3) is 3.03. The predicted molar refractivity (Wildman–Crippen MR) is 99.7 cm³/mol. The molecule has 27 heavy (non-hydrogen) atoms. The van der Waals surface area contributed by atoms with Gasteiger partial charge in [-0.2, -0.15) is 0 Å². The molecule has 0 aliphatic rings. The second kappa shape index (κ2) is 6.27. The third-order valence-electron chi connectivity index (χ3n) is 4.60. The number of nitrogens with one attached hydrogen (secondary N) is 4. The van der Waals surface area contributed by atoms with Crippen LogP contribution in [0.5, 0.6) is 0 Å². The third-order valence-corrected chi connectivity index (χ3v) is 4.60. The zero-order chi connectivity index (χ0) is 19.1. The van der Waals surface area contributed by atoms with Gasteiger partial charge in [-0.3, -0.25) is 14.7 Å². The first-order valence-corrected chi connectivity index (χ1v) is 8.49. The van der Waals surface area contributed by atoms with Gasteiger partial charge in [0, 0.05) is 23.5 Å². The monoisotopic (exact) mass is 366 g/mol. The normalized spacial score (nSPS) is 12.5. The standard InChI is InChI=1S/C18H18N6O3/c1-9(11-3-4-13-14(7-11)23-18(27)22-13)21-16(25)8-12-10(2)20-15-5-6-19-24(15)17(12)26/h3-7,9,19H,8H2,1-2H3,(H,21,25)(H2,22,23,27). The highest BCUT2D eigenvalue weighted by molar-refractivity contribution is 5.80. The molecule has 3 heterocycles. The number of H-pyrrole nitrogens is 3. The van der Waals surface area contributed by atoms with Crippen molar-refractivity contribution >= 4 is 22.6 Å². The Hall–Kier alpha value is -3.62. The van der Waals surface area contributed by atoms with Gasteiger partial charge in [0.15, 0.2) is 5.65 Å². The smallest absolute Gasteiger partial charge is 0.323 e. The number of aryl methyl sites for hydroxylation is 1. The molecule has 4 rings (SSSR count). The molecule has 0 spiro atoms. The van der Waals surface area contributed by atoms with Gasteiger partial charge in [-0.25, -0.2) is 14.3 Å². The molecule has 1 aromatic carbocycles. The fraction of sp³-hybridized carbons (Fsp3) is 0.222. The fourth-order valence-corrected chi connectivity index (χ4v) is 3.17. The zero-order valence-corrected chi connectivity index (χ0v) is 14.8. The lowest BCUT2D eigenvalue weighted by Gasteiger charge is -2.15. The van der Waals surface area contributed by atoms with Crippen LogP contribution < -0.4 is 16.6 Å². The van der Waals surface area contributed by atoms with Crippen molar-refractivity contribution in [3.63, 3.8) is 0 Å². The van der Waals surface area contributed by atoms with Crippen molar-refractivity contribution < 1.29 is 4.79 Å². The number of hydrogen-bond acceptors (Lipinski definition) is 4. The summed E-state index contributed by atoms with van der Waals surface area (Å²) in [5, 5.41) is 5.68. The molecule has 0 aliphatic carbocycles. The van der Waals surface area contributed by atoms with E-state index in [-0.39, 0.29) is 29.6 Å².